The summed E-state index contributed by atoms with van der Waals surface area (Å²) < 4.78 is 68.3. The number of sulfonamides is 1. The van der Waals surface area contributed by atoms with E-state index in [2.05, 4.69) is 4.74 Å². The Labute approximate surface area is 159 Å². The minimum Gasteiger partial charge on any atom is -0.403 e. The van der Waals surface area contributed by atoms with Crippen molar-refractivity contribution in [3.05, 3.63) is 55.6 Å². The van der Waals surface area contributed by atoms with Gasteiger partial charge in [0.05, 0.1) is 9.82 Å². The first-order valence-electron chi connectivity index (χ1n) is 6.72. The lowest BCUT2D eigenvalue weighted by Crippen LogP contribution is -2.20. The molecule has 0 saturated carbocycles. The van der Waals surface area contributed by atoms with Crippen molar-refractivity contribution < 1.29 is 31.2 Å². The van der Waals surface area contributed by atoms with Gasteiger partial charge in [-0.25, -0.2) is 8.42 Å². The first-order chi connectivity index (χ1) is 11.9. The molecule has 0 unspecified atom stereocenters. The Kier molecular flexibility index (Phi) is 5.65. The number of aryl methyl sites for hydroxylation is 1. The molecule has 2 aromatic carbocycles. The van der Waals surface area contributed by atoms with E-state index in [1.807, 2.05) is 4.72 Å². The second kappa shape index (κ2) is 7.26. The maximum Gasteiger partial charge on any atom is 0.573 e. The lowest BCUT2D eigenvalue weighted by Gasteiger charge is -2.15. The zero-order valence-corrected chi connectivity index (χ0v) is 15.8. The predicted molar refractivity (Wildman–Crippen MR) is 94.5 cm³/mol. The van der Waals surface area contributed by atoms with E-state index in [1.165, 1.54) is 24.3 Å². The first kappa shape index (κ1) is 20.2. The fourth-order valence-corrected chi connectivity index (χ4v) is 3.59. The number of hydrogen-bond donors (Lipinski definition) is 1. The largest absolute Gasteiger partial charge is 0.573 e. The van der Waals surface area contributed by atoms with E-state index in [-0.39, 0.29) is 8.47 Å². The fraction of sp³-hybridized carbons (Fsp3) is 0.143. The SMILES string of the molecule is Cc1ccc(S(=O)(=O)Nc2c(OC(F)(F)F)cc(I)cc2[N+](=O)[O-])cc1. The van der Waals surface area contributed by atoms with Crippen LogP contribution in [0.25, 0.3) is 0 Å². The molecule has 0 aromatic heterocycles. The van der Waals surface area contributed by atoms with Gasteiger partial charge >= 0.3 is 6.36 Å². The highest BCUT2D eigenvalue weighted by Gasteiger charge is 2.35. The van der Waals surface area contributed by atoms with Gasteiger partial charge in [-0.3, -0.25) is 14.8 Å². The topological polar surface area (TPSA) is 98.5 Å². The van der Waals surface area contributed by atoms with Crippen molar-refractivity contribution in [2.45, 2.75) is 18.2 Å². The van der Waals surface area contributed by atoms with Crippen molar-refractivity contribution >= 4 is 44.0 Å². The number of nitrogens with zero attached hydrogens (tertiary/aromatic N) is 1. The van der Waals surface area contributed by atoms with Gasteiger partial charge in [0, 0.05) is 9.64 Å². The number of ether oxygens (including phenoxy) is 1. The average molecular weight is 502 g/mol. The van der Waals surface area contributed by atoms with Crippen LogP contribution in [0.4, 0.5) is 24.5 Å². The lowest BCUT2D eigenvalue weighted by molar-refractivity contribution is -0.384. The van der Waals surface area contributed by atoms with Gasteiger partial charge in [-0.05, 0) is 47.7 Å². The Morgan fingerprint density at radius 3 is 2.27 bits per heavy atom. The maximum atomic E-state index is 12.6. The monoisotopic (exact) mass is 502 g/mol. The Bertz CT molecular complexity index is 946. The molecule has 26 heavy (non-hydrogen) atoms. The van der Waals surface area contributed by atoms with E-state index < -0.39 is 38.4 Å². The second-order valence-electron chi connectivity index (χ2n) is 5.02. The number of anilines is 1. The Morgan fingerprint density at radius 1 is 1.19 bits per heavy atom. The van der Waals surface area contributed by atoms with Crippen LogP contribution in [0.2, 0.25) is 0 Å². The number of nitro benzene ring substituents is 1. The minimum absolute atomic E-state index is 0.0619. The third-order valence-corrected chi connectivity index (χ3v) is 5.02. The highest BCUT2D eigenvalue weighted by atomic mass is 127. The Morgan fingerprint density at radius 2 is 1.77 bits per heavy atom. The molecule has 0 saturated heterocycles. The highest BCUT2D eigenvalue weighted by molar-refractivity contribution is 14.1. The van der Waals surface area contributed by atoms with Crippen LogP contribution in [0.3, 0.4) is 0 Å². The summed E-state index contributed by atoms with van der Waals surface area (Å²) in [7, 11) is -4.38. The molecule has 0 aliphatic rings. The van der Waals surface area contributed by atoms with Crippen LogP contribution in [-0.4, -0.2) is 19.7 Å². The van der Waals surface area contributed by atoms with E-state index in [1.54, 1.807) is 29.5 Å². The number of halogens is 4. The van der Waals surface area contributed by atoms with E-state index in [0.29, 0.717) is 0 Å². The summed E-state index contributed by atoms with van der Waals surface area (Å²) in [6, 6.07) is 7.17. The molecule has 140 valence electrons. The molecule has 0 fully saturated rings. The molecule has 0 aliphatic heterocycles. The fourth-order valence-electron chi connectivity index (χ4n) is 1.93. The van der Waals surface area contributed by atoms with Crippen LogP contribution < -0.4 is 9.46 Å². The van der Waals surface area contributed by atoms with Crippen molar-refractivity contribution in [3.63, 3.8) is 0 Å². The van der Waals surface area contributed by atoms with Crippen LogP contribution in [0.15, 0.2) is 41.3 Å². The molecule has 0 amide bonds. The number of hydrogen-bond acceptors (Lipinski definition) is 5. The molecule has 2 rings (SSSR count). The van der Waals surface area contributed by atoms with Crippen molar-refractivity contribution in [2.24, 2.45) is 0 Å². The summed E-state index contributed by atoms with van der Waals surface area (Å²) in [5, 5.41) is 11.2. The Hall–Kier alpha value is -2.09. The van der Waals surface area contributed by atoms with Gasteiger partial charge in [-0.2, -0.15) is 0 Å². The van der Waals surface area contributed by atoms with Gasteiger partial charge in [0.2, 0.25) is 0 Å². The summed E-state index contributed by atoms with van der Waals surface area (Å²) in [5.41, 5.74) is -1.02. The molecule has 0 radical (unpaired) electrons. The molecular weight excluding hydrogens is 492 g/mol. The number of rotatable bonds is 5. The highest BCUT2D eigenvalue weighted by Crippen LogP contribution is 2.40. The molecule has 0 aliphatic carbocycles. The maximum absolute atomic E-state index is 12.6. The Balaban J connectivity index is 2.59. The molecule has 7 nitrogen and oxygen atoms in total. The van der Waals surface area contributed by atoms with Gasteiger partial charge in [0.1, 0.15) is 0 Å². The summed E-state index contributed by atoms with van der Waals surface area (Å²) >= 11 is 1.56. The van der Waals surface area contributed by atoms with E-state index in [9.17, 15) is 31.7 Å². The molecule has 0 heterocycles. The molecule has 1 N–H and O–H groups in total. The standard InChI is InChI=1S/C14H10F3IN2O5S/c1-8-2-4-10(5-3-8)26(23,24)19-13-11(20(21)22)6-9(18)7-12(13)25-14(15,16)17/h2-7,19H,1H3. The second-order valence-corrected chi connectivity index (χ2v) is 7.95. The average Bonchev–Trinajstić information content (AvgIpc) is 2.48. The minimum atomic E-state index is -5.16. The van der Waals surface area contributed by atoms with Crippen molar-refractivity contribution in [2.75, 3.05) is 4.72 Å². The molecule has 0 bridgehead atoms. The van der Waals surface area contributed by atoms with Gasteiger partial charge in [0.15, 0.2) is 11.4 Å². The first-order valence-corrected chi connectivity index (χ1v) is 9.28. The van der Waals surface area contributed by atoms with Gasteiger partial charge in [-0.15, -0.1) is 13.2 Å². The molecular formula is C14H10F3IN2O5S. The molecule has 12 heteroatoms. The molecule has 2 aromatic rings. The zero-order chi connectivity index (χ0) is 19.7. The van der Waals surface area contributed by atoms with Crippen molar-refractivity contribution in [1.29, 1.82) is 0 Å². The van der Waals surface area contributed by atoms with Crippen molar-refractivity contribution in [1.82, 2.24) is 0 Å². The lowest BCUT2D eigenvalue weighted by atomic mass is 10.2. The smallest absolute Gasteiger partial charge is 0.403 e. The summed E-state index contributed by atoms with van der Waals surface area (Å²) in [5.74, 6) is -1.02. The van der Waals surface area contributed by atoms with Crippen molar-refractivity contribution in [3.8, 4) is 5.75 Å². The van der Waals surface area contributed by atoms with E-state index in [4.69, 9.17) is 0 Å². The quantitative estimate of drug-likeness (QED) is 0.376. The number of nitrogens with one attached hydrogen (secondary N) is 1. The third-order valence-electron chi connectivity index (χ3n) is 3.04. The zero-order valence-electron chi connectivity index (χ0n) is 12.9. The molecule has 0 spiro atoms. The number of benzene rings is 2. The van der Waals surface area contributed by atoms with Crippen LogP contribution in [0, 0.1) is 20.6 Å². The van der Waals surface area contributed by atoms with E-state index in [0.717, 1.165) is 17.7 Å². The van der Waals surface area contributed by atoms with Crippen LogP contribution in [0.1, 0.15) is 5.56 Å². The van der Waals surface area contributed by atoms with Gasteiger partial charge in [-0.1, -0.05) is 17.7 Å². The van der Waals surface area contributed by atoms with Crippen LogP contribution in [0.5, 0.6) is 5.75 Å². The number of alkyl halides is 3. The summed E-state index contributed by atoms with van der Waals surface area (Å²) in [6.07, 6.45) is -5.16. The van der Waals surface area contributed by atoms with Gasteiger partial charge in [0.25, 0.3) is 15.7 Å². The number of nitro groups is 1. The predicted octanol–water partition coefficient (Wildman–Crippen LogP) is 4.21. The summed E-state index contributed by atoms with van der Waals surface area (Å²) in [6.45, 7) is 1.71. The van der Waals surface area contributed by atoms with Gasteiger partial charge < -0.3 is 4.74 Å². The third kappa shape index (κ3) is 4.97. The molecule has 0 atom stereocenters. The summed E-state index contributed by atoms with van der Waals surface area (Å²) in [4.78, 5) is 9.92. The normalized spacial score (nSPS) is 11.9. The van der Waals surface area contributed by atoms with E-state index >= 15 is 0 Å². The van der Waals surface area contributed by atoms with Crippen LogP contribution >= 0.6 is 22.6 Å². The van der Waals surface area contributed by atoms with Crippen LogP contribution in [-0.2, 0) is 10.0 Å².